The van der Waals surface area contributed by atoms with E-state index < -0.39 is 11.6 Å². The fourth-order valence-corrected chi connectivity index (χ4v) is 3.12. The van der Waals surface area contributed by atoms with Crippen molar-refractivity contribution in [3.8, 4) is 11.5 Å². The topological polar surface area (TPSA) is 87.0 Å². The molecule has 0 amide bonds. The minimum absolute atomic E-state index is 0.0714. The maximum Gasteiger partial charge on any atom is 0.212 e. The van der Waals surface area contributed by atoms with Gasteiger partial charge in [0, 0.05) is 0 Å². The van der Waals surface area contributed by atoms with Crippen LogP contribution in [0.25, 0.3) is 0 Å². The largest absolute Gasteiger partial charge is 0.507 e. The van der Waals surface area contributed by atoms with Gasteiger partial charge in [-0.1, -0.05) is 31.9 Å². The van der Waals surface area contributed by atoms with E-state index in [4.69, 9.17) is 0 Å². The molecule has 0 heterocycles. The number of rotatable bonds is 5. The number of aliphatic imine (C=N–C) groups is 1. The lowest BCUT2D eigenvalue weighted by atomic mass is 9.86. The summed E-state index contributed by atoms with van der Waals surface area (Å²) in [6.45, 7) is 2.16. The molecule has 3 rings (SSSR count). The standard InChI is InChI=1S/C21H21NO4/c1-2-3-4-5-13-6-8-14(9-7-13)22-15-12-18(25)19-16(23)10-11-17(24)20(19)21(15)26/h6-11,23-24H,2-5,12H2,1H3. The van der Waals surface area contributed by atoms with Crippen LogP contribution in [0.3, 0.4) is 0 Å². The Morgan fingerprint density at radius 3 is 2.23 bits per heavy atom. The Kier molecular flexibility index (Phi) is 5.16. The average molecular weight is 351 g/mol. The molecule has 5 heteroatoms. The maximum atomic E-state index is 12.6. The van der Waals surface area contributed by atoms with Crippen molar-refractivity contribution in [1.29, 1.82) is 0 Å². The number of hydrogen-bond acceptors (Lipinski definition) is 5. The lowest BCUT2D eigenvalue weighted by molar-refractivity contribution is 0.0960. The zero-order valence-corrected chi connectivity index (χ0v) is 14.7. The highest BCUT2D eigenvalue weighted by atomic mass is 16.3. The number of ketones is 2. The first kappa shape index (κ1) is 17.9. The summed E-state index contributed by atoms with van der Waals surface area (Å²) in [5.74, 6) is -1.58. The van der Waals surface area contributed by atoms with Crippen LogP contribution in [0.5, 0.6) is 11.5 Å². The van der Waals surface area contributed by atoms with E-state index in [0.29, 0.717) is 5.69 Å². The zero-order chi connectivity index (χ0) is 18.7. The molecule has 0 aromatic heterocycles. The summed E-state index contributed by atoms with van der Waals surface area (Å²) in [5.41, 5.74) is 1.57. The van der Waals surface area contributed by atoms with Crippen molar-refractivity contribution in [2.24, 2.45) is 4.99 Å². The molecule has 0 fully saturated rings. The van der Waals surface area contributed by atoms with Gasteiger partial charge in [-0.05, 0) is 42.7 Å². The fraction of sp³-hybridized carbons (Fsp3) is 0.286. The predicted octanol–water partition coefficient (Wildman–Crippen LogP) is 4.37. The first-order chi connectivity index (χ1) is 12.5. The van der Waals surface area contributed by atoms with E-state index in [1.54, 1.807) is 0 Å². The predicted molar refractivity (Wildman–Crippen MR) is 99.8 cm³/mol. The van der Waals surface area contributed by atoms with Crippen molar-refractivity contribution >= 4 is 23.0 Å². The molecule has 0 unspecified atom stereocenters. The Balaban J connectivity index is 1.87. The van der Waals surface area contributed by atoms with Crippen LogP contribution in [0, 0.1) is 0 Å². The summed E-state index contributed by atoms with van der Waals surface area (Å²) in [6.07, 6.45) is 4.31. The van der Waals surface area contributed by atoms with Gasteiger partial charge in [0.1, 0.15) is 11.5 Å². The maximum absolute atomic E-state index is 12.6. The molecule has 1 aliphatic rings. The lowest BCUT2D eigenvalue weighted by Crippen LogP contribution is -2.27. The highest BCUT2D eigenvalue weighted by Gasteiger charge is 2.34. The number of phenolic OH excluding ortho intramolecular Hbond substituents is 2. The third-order valence-corrected chi connectivity index (χ3v) is 4.53. The van der Waals surface area contributed by atoms with Crippen LogP contribution in [0.15, 0.2) is 41.4 Å². The SMILES string of the molecule is CCCCCc1ccc(N=C2CC(=O)c3c(O)ccc(O)c3C2=O)cc1. The van der Waals surface area contributed by atoms with E-state index in [9.17, 15) is 19.8 Å². The lowest BCUT2D eigenvalue weighted by Gasteiger charge is -2.17. The summed E-state index contributed by atoms with van der Waals surface area (Å²) < 4.78 is 0. The molecule has 2 aromatic rings. The molecule has 0 saturated carbocycles. The normalized spacial score (nSPS) is 15.3. The number of carbonyl (C=O) groups is 2. The molecule has 0 saturated heterocycles. The minimum Gasteiger partial charge on any atom is -0.507 e. The molecule has 0 spiro atoms. The van der Waals surface area contributed by atoms with E-state index in [2.05, 4.69) is 11.9 Å². The molecule has 2 N–H and O–H groups in total. The Hall–Kier alpha value is -2.95. The Bertz CT molecular complexity index is 882. The molecule has 26 heavy (non-hydrogen) atoms. The number of phenols is 2. The molecule has 1 aliphatic carbocycles. The van der Waals surface area contributed by atoms with E-state index in [1.165, 1.54) is 30.5 Å². The van der Waals surface area contributed by atoms with Gasteiger partial charge in [-0.2, -0.15) is 0 Å². The Labute approximate surface area is 152 Å². The second kappa shape index (κ2) is 7.52. The monoisotopic (exact) mass is 351 g/mol. The Morgan fingerprint density at radius 1 is 0.923 bits per heavy atom. The van der Waals surface area contributed by atoms with Gasteiger partial charge >= 0.3 is 0 Å². The first-order valence-corrected chi connectivity index (χ1v) is 8.80. The number of unbranched alkanes of at least 4 members (excludes halogenated alkanes) is 2. The molecule has 0 radical (unpaired) electrons. The molecular formula is C21H21NO4. The highest BCUT2D eigenvalue weighted by Crippen LogP contribution is 2.34. The van der Waals surface area contributed by atoms with Crippen molar-refractivity contribution < 1.29 is 19.8 Å². The van der Waals surface area contributed by atoms with Crippen LogP contribution in [0.4, 0.5) is 5.69 Å². The van der Waals surface area contributed by atoms with Crippen molar-refractivity contribution in [3.63, 3.8) is 0 Å². The van der Waals surface area contributed by atoms with Gasteiger partial charge in [-0.15, -0.1) is 0 Å². The molecule has 0 atom stereocenters. The van der Waals surface area contributed by atoms with Crippen molar-refractivity contribution in [1.82, 2.24) is 0 Å². The molecule has 134 valence electrons. The zero-order valence-electron chi connectivity index (χ0n) is 14.7. The minimum atomic E-state index is -0.528. The summed E-state index contributed by atoms with van der Waals surface area (Å²) in [6, 6.07) is 10.0. The third kappa shape index (κ3) is 3.52. The van der Waals surface area contributed by atoms with Gasteiger partial charge < -0.3 is 10.2 Å². The highest BCUT2D eigenvalue weighted by molar-refractivity contribution is 6.53. The third-order valence-electron chi connectivity index (χ3n) is 4.53. The Morgan fingerprint density at radius 2 is 1.58 bits per heavy atom. The summed E-state index contributed by atoms with van der Waals surface area (Å²) in [7, 11) is 0. The van der Waals surface area contributed by atoms with Crippen LogP contribution < -0.4 is 0 Å². The molecule has 2 aromatic carbocycles. The van der Waals surface area contributed by atoms with E-state index in [0.717, 1.165) is 12.8 Å². The second-order valence-electron chi connectivity index (χ2n) is 6.46. The number of nitrogens with zero attached hydrogens (tertiary/aromatic N) is 1. The number of fused-ring (bicyclic) bond motifs is 1. The number of benzene rings is 2. The van der Waals surface area contributed by atoms with Crippen LogP contribution >= 0.6 is 0 Å². The molecular weight excluding hydrogens is 330 g/mol. The average Bonchev–Trinajstić information content (AvgIpc) is 2.63. The van der Waals surface area contributed by atoms with Gasteiger partial charge in [-0.25, -0.2) is 4.99 Å². The van der Waals surface area contributed by atoms with Gasteiger partial charge in [-0.3, -0.25) is 9.59 Å². The number of aryl methyl sites for hydroxylation is 1. The van der Waals surface area contributed by atoms with E-state index in [-0.39, 0.29) is 34.8 Å². The van der Waals surface area contributed by atoms with E-state index in [1.807, 2.05) is 24.3 Å². The smallest absolute Gasteiger partial charge is 0.212 e. The molecule has 0 aliphatic heterocycles. The second-order valence-corrected chi connectivity index (χ2v) is 6.46. The summed E-state index contributed by atoms with van der Waals surface area (Å²) in [5, 5.41) is 19.8. The van der Waals surface area contributed by atoms with Gasteiger partial charge in [0.25, 0.3) is 0 Å². The van der Waals surface area contributed by atoms with Crippen LogP contribution in [-0.4, -0.2) is 27.5 Å². The molecule has 0 bridgehead atoms. The van der Waals surface area contributed by atoms with Crippen LogP contribution in [-0.2, 0) is 6.42 Å². The van der Waals surface area contributed by atoms with Crippen molar-refractivity contribution in [3.05, 3.63) is 53.1 Å². The van der Waals surface area contributed by atoms with Gasteiger partial charge in [0.05, 0.1) is 28.9 Å². The van der Waals surface area contributed by atoms with E-state index >= 15 is 0 Å². The summed E-state index contributed by atoms with van der Waals surface area (Å²) >= 11 is 0. The number of hydrogen-bond donors (Lipinski definition) is 2. The number of aromatic hydroxyl groups is 2. The quantitative estimate of drug-likeness (QED) is 0.618. The molecule has 5 nitrogen and oxygen atoms in total. The van der Waals surface area contributed by atoms with Gasteiger partial charge in [0.15, 0.2) is 5.78 Å². The van der Waals surface area contributed by atoms with Crippen LogP contribution in [0.1, 0.15) is 58.9 Å². The summed E-state index contributed by atoms with van der Waals surface area (Å²) in [4.78, 5) is 29.2. The first-order valence-electron chi connectivity index (χ1n) is 8.80. The van der Waals surface area contributed by atoms with Crippen molar-refractivity contribution in [2.45, 2.75) is 39.0 Å². The van der Waals surface area contributed by atoms with Crippen LogP contribution in [0.2, 0.25) is 0 Å². The number of carbonyl (C=O) groups excluding carboxylic acids is 2. The number of Topliss-reactive ketones (excluding diaryl/α,β-unsaturated/α-hetero) is 2. The van der Waals surface area contributed by atoms with Crippen molar-refractivity contribution in [2.75, 3.05) is 0 Å². The fourth-order valence-electron chi connectivity index (χ4n) is 3.12. The van der Waals surface area contributed by atoms with Gasteiger partial charge in [0.2, 0.25) is 5.78 Å².